The fraction of sp³-hybridized carbons (Fsp3) is 0.200. The number of nitrogens with zero attached hydrogens (tertiary/aromatic N) is 2. The molecule has 0 radical (unpaired) electrons. The van der Waals surface area contributed by atoms with Gasteiger partial charge in [0.25, 0.3) is 5.56 Å². The number of carbonyl (C=O) groups is 1. The minimum absolute atomic E-state index is 0.000521. The number of nitrogen functional groups attached to an aromatic ring is 1. The first-order valence-electron chi connectivity index (χ1n) is 9.51. The van der Waals surface area contributed by atoms with Gasteiger partial charge < -0.3 is 15.8 Å². The number of aromatic nitrogens is 3. The summed E-state index contributed by atoms with van der Waals surface area (Å²) in [7, 11) is 0. The lowest BCUT2D eigenvalue weighted by atomic mass is 9.65. The Bertz CT molecular complexity index is 1410. The minimum atomic E-state index is -0.839. The molecule has 2 aliphatic rings. The summed E-state index contributed by atoms with van der Waals surface area (Å²) in [6, 6.07) is 5.39. The second-order valence-electron chi connectivity index (χ2n) is 7.61. The molecule has 2 aromatic carbocycles. The van der Waals surface area contributed by atoms with Gasteiger partial charge in [-0.25, -0.2) is 9.18 Å². The number of aromatic amines is 1. The molecule has 0 saturated heterocycles. The van der Waals surface area contributed by atoms with Crippen LogP contribution >= 0.6 is 23.2 Å². The summed E-state index contributed by atoms with van der Waals surface area (Å²) < 4.78 is 21.3. The van der Waals surface area contributed by atoms with E-state index in [4.69, 9.17) is 33.7 Å². The Labute approximate surface area is 188 Å². The van der Waals surface area contributed by atoms with Crippen molar-refractivity contribution in [3.63, 3.8) is 0 Å². The van der Waals surface area contributed by atoms with Gasteiger partial charge in [0, 0.05) is 6.07 Å². The first-order valence-corrected chi connectivity index (χ1v) is 10.3. The summed E-state index contributed by atoms with van der Waals surface area (Å²) >= 11 is 12.6. The lowest BCUT2D eigenvalue weighted by Gasteiger charge is -2.36. The number of anilines is 2. The molecule has 9 nitrogen and oxygen atoms in total. The predicted octanol–water partition coefficient (Wildman–Crippen LogP) is 3.12. The smallest absolute Gasteiger partial charge is 0.349 e. The van der Waals surface area contributed by atoms with Gasteiger partial charge in [0.2, 0.25) is 11.7 Å². The third kappa shape index (κ3) is 2.98. The highest BCUT2D eigenvalue weighted by Gasteiger charge is 2.52. The number of benzene rings is 2. The fourth-order valence-electron chi connectivity index (χ4n) is 4.00. The summed E-state index contributed by atoms with van der Waals surface area (Å²) in [6.45, 7) is 0. The van der Waals surface area contributed by atoms with Crippen molar-refractivity contribution in [2.24, 2.45) is 0 Å². The lowest BCUT2D eigenvalue weighted by Crippen LogP contribution is -2.40. The summed E-state index contributed by atoms with van der Waals surface area (Å²) in [5.41, 5.74) is 3.92. The first-order chi connectivity index (χ1) is 15.2. The summed E-state index contributed by atoms with van der Waals surface area (Å²) in [4.78, 5) is 37.9. The van der Waals surface area contributed by atoms with Crippen LogP contribution < -0.4 is 27.0 Å². The van der Waals surface area contributed by atoms with Crippen LogP contribution in [0.1, 0.15) is 24.8 Å². The van der Waals surface area contributed by atoms with Crippen molar-refractivity contribution in [1.82, 2.24) is 14.8 Å². The van der Waals surface area contributed by atoms with Crippen molar-refractivity contribution < 1.29 is 13.9 Å². The third-order valence-electron chi connectivity index (χ3n) is 5.76. The van der Waals surface area contributed by atoms with Crippen molar-refractivity contribution in [2.75, 3.05) is 11.1 Å². The Hall–Kier alpha value is -3.37. The number of nitrogens with two attached hydrogens (primary N) is 1. The molecule has 3 aromatic rings. The molecule has 1 fully saturated rings. The Morgan fingerprint density at radius 3 is 2.44 bits per heavy atom. The van der Waals surface area contributed by atoms with Gasteiger partial charge in [0.15, 0.2) is 11.6 Å². The molecule has 1 saturated carbocycles. The summed E-state index contributed by atoms with van der Waals surface area (Å²) in [5.74, 6) is -1.13. The highest BCUT2D eigenvalue weighted by Crippen LogP contribution is 2.53. The van der Waals surface area contributed by atoms with Crippen molar-refractivity contribution in [1.29, 1.82) is 0 Å². The Morgan fingerprint density at radius 2 is 1.81 bits per heavy atom. The number of rotatable bonds is 3. The molecule has 0 bridgehead atoms. The molecule has 0 atom stereocenters. The molecule has 12 heteroatoms. The van der Waals surface area contributed by atoms with Crippen LogP contribution in [0.4, 0.5) is 15.9 Å². The van der Waals surface area contributed by atoms with Crippen LogP contribution in [0.25, 0.3) is 5.69 Å². The SMILES string of the molecule is Nc1nn(-c2cc(Cl)c(Oc3cc(F)c4c(c3)C3(CCC3)C(=O)N4)c(Cl)c2)c(=O)[nH]c1=O. The highest BCUT2D eigenvalue weighted by atomic mass is 35.5. The average molecular weight is 478 g/mol. The number of halogens is 3. The number of hydrogen-bond donors (Lipinski definition) is 3. The monoisotopic (exact) mass is 477 g/mol. The molecule has 1 aromatic heterocycles. The van der Waals surface area contributed by atoms with Gasteiger partial charge in [-0.15, -0.1) is 5.10 Å². The molecule has 4 N–H and O–H groups in total. The zero-order valence-corrected chi connectivity index (χ0v) is 17.7. The molecule has 32 heavy (non-hydrogen) atoms. The van der Waals surface area contributed by atoms with E-state index in [1.807, 2.05) is 4.98 Å². The van der Waals surface area contributed by atoms with E-state index < -0.39 is 28.3 Å². The van der Waals surface area contributed by atoms with Crippen molar-refractivity contribution >= 4 is 40.6 Å². The van der Waals surface area contributed by atoms with Gasteiger partial charge in [-0.3, -0.25) is 14.6 Å². The van der Waals surface area contributed by atoms with Crippen LogP contribution in [0, 0.1) is 5.82 Å². The van der Waals surface area contributed by atoms with Crippen LogP contribution in [0.15, 0.2) is 33.9 Å². The lowest BCUT2D eigenvalue weighted by molar-refractivity contribution is -0.123. The summed E-state index contributed by atoms with van der Waals surface area (Å²) in [5, 5.41) is 6.33. The molecule has 2 heterocycles. The number of fused-ring (bicyclic) bond motifs is 2. The number of H-pyrrole nitrogens is 1. The van der Waals surface area contributed by atoms with Crippen molar-refractivity contribution in [3.8, 4) is 17.2 Å². The van der Waals surface area contributed by atoms with E-state index in [9.17, 15) is 18.8 Å². The minimum Gasteiger partial charge on any atom is -0.454 e. The zero-order valence-electron chi connectivity index (χ0n) is 16.2. The topological polar surface area (TPSA) is 132 Å². The van der Waals surface area contributed by atoms with Gasteiger partial charge in [-0.2, -0.15) is 4.68 Å². The normalized spacial score (nSPS) is 15.9. The van der Waals surface area contributed by atoms with Crippen molar-refractivity contribution in [2.45, 2.75) is 24.7 Å². The van der Waals surface area contributed by atoms with E-state index in [-0.39, 0.29) is 38.8 Å². The first kappa shape index (κ1) is 20.5. The Balaban J connectivity index is 1.54. The summed E-state index contributed by atoms with van der Waals surface area (Å²) in [6.07, 6.45) is 2.14. The number of carbonyl (C=O) groups excluding carboxylic acids is 1. The maximum atomic E-state index is 14.7. The molecule has 164 valence electrons. The van der Waals surface area contributed by atoms with Crippen LogP contribution in [0.2, 0.25) is 10.0 Å². The van der Waals surface area contributed by atoms with Crippen LogP contribution in [-0.4, -0.2) is 20.7 Å². The number of ether oxygens (including phenoxy) is 1. The Kier molecular flexibility index (Phi) is 4.54. The van der Waals surface area contributed by atoms with Gasteiger partial charge in [-0.05, 0) is 36.6 Å². The zero-order chi connectivity index (χ0) is 22.8. The van der Waals surface area contributed by atoms with E-state index in [2.05, 4.69) is 10.4 Å². The van der Waals surface area contributed by atoms with Crippen LogP contribution in [0.5, 0.6) is 11.5 Å². The maximum Gasteiger partial charge on any atom is 0.349 e. The fourth-order valence-corrected chi connectivity index (χ4v) is 4.55. The predicted molar refractivity (Wildman–Crippen MR) is 116 cm³/mol. The second-order valence-corrected chi connectivity index (χ2v) is 8.43. The van der Waals surface area contributed by atoms with E-state index in [0.29, 0.717) is 18.4 Å². The average Bonchev–Trinajstić information content (AvgIpc) is 3.00. The third-order valence-corrected chi connectivity index (χ3v) is 6.32. The molecule has 0 unspecified atom stereocenters. The second kappa shape index (κ2) is 7.07. The standard InChI is InChI=1S/C20H14Cl2FN5O4/c21-11-4-8(28-19(31)26-17(29)16(24)27-28)5-12(22)15(11)32-9-6-10-14(13(23)7-9)25-18(30)20(10)2-1-3-20/h4-7H,1-3H2,(H2,24,27)(H,25,30)(H,26,29,31). The molecule has 1 amide bonds. The van der Waals surface area contributed by atoms with E-state index in [0.717, 1.165) is 17.2 Å². The van der Waals surface area contributed by atoms with E-state index in [1.54, 1.807) is 6.07 Å². The molecule has 1 spiro atoms. The number of hydrogen-bond acceptors (Lipinski definition) is 6. The van der Waals surface area contributed by atoms with Gasteiger partial charge >= 0.3 is 5.69 Å². The molecule has 1 aliphatic heterocycles. The van der Waals surface area contributed by atoms with Gasteiger partial charge in [-0.1, -0.05) is 29.6 Å². The number of amides is 1. The van der Waals surface area contributed by atoms with E-state index in [1.165, 1.54) is 12.1 Å². The maximum absolute atomic E-state index is 14.7. The van der Waals surface area contributed by atoms with Crippen LogP contribution in [0.3, 0.4) is 0 Å². The Morgan fingerprint density at radius 1 is 1.12 bits per heavy atom. The molecular formula is C20H14Cl2FN5O4. The quantitative estimate of drug-likeness (QED) is 0.530. The highest BCUT2D eigenvalue weighted by molar-refractivity contribution is 6.37. The molecule has 1 aliphatic carbocycles. The molecule has 5 rings (SSSR count). The largest absolute Gasteiger partial charge is 0.454 e. The van der Waals surface area contributed by atoms with Crippen LogP contribution in [-0.2, 0) is 10.2 Å². The van der Waals surface area contributed by atoms with Crippen molar-refractivity contribution in [3.05, 3.63) is 66.5 Å². The molecular weight excluding hydrogens is 464 g/mol. The number of nitrogens with one attached hydrogen (secondary N) is 2. The van der Waals surface area contributed by atoms with E-state index >= 15 is 0 Å². The van der Waals surface area contributed by atoms with Gasteiger partial charge in [0.1, 0.15) is 5.75 Å². The van der Waals surface area contributed by atoms with Gasteiger partial charge in [0.05, 0.1) is 26.8 Å².